The van der Waals surface area contributed by atoms with Crippen molar-refractivity contribution in [2.45, 2.75) is 73.0 Å². The van der Waals surface area contributed by atoms with E-state index >= 15 is 0 Å². The van der Waals surface area contributed by atoms with Crippen molar-refractivity contribution in [2.24, 2.45) is 5.92 Å². The number of nitrogens with one attached hydrogen (secondary N) is 1. The second kappa shape index (κ2) is 9.07. The predicted octanol–water partition coefficient (Wildman–Crippen LogP) is 4.95. The summed E-state index contributed by atoms with van der Waals surface area (Å²) in [5.74, 6) is 1.13. The van der Waals surface area contributed by atoms with E-state index in [0.717, 1.165) is 23.4 Å². The van der Waals surface area contributed by atoms with Gasteiger partial charge in [0.2, 0.25) is 0 Å². The zero-order chi connectivity index (χ0) is 18.3. The third-order valence-corrected chi connectivity index (χ3v) is 4.08. The number of aryl methyl sites for hydroxylation is 1. The van der Waals surface area contributed by atoms with Crippen LogP contribution in [-0.4, -0.2) is 24.2 Å². The third-order valence-electron chi connectivity index (χ3n) is 4.08. The van der Waals surface area contributed by atoms with Crippen LogP contribution in [0.15, 0.2) is 18.2 Å². The molecule has 0 bridgehead atoms. The van der Waals surface area contributed by atoms with Crippen molar-refractivity contribution in [2.75, 3.05) is 11.9 Å². The lowest BCUT2D eigenvalue weighted by Gasteiger charge is -2.30. The SMILES string of the molecule is CCO[C@@](C)(CC(C)C)C(=O)Nc1ccc(O[C@H](C)CC)c(C)c1. The molecule has 0 aliphatic heterocycles. The van der Waals surface area contributed by atoms with E-state index in [9.17, 15) is 4.79 Å². The molecule has 0 spiro atoms. The second-order valence-corrected chi connectivity index (χ2v) is 7.03. The van der Waals surface area contributed by atoms with Crippen molar-refractivity contribution < 1.29 is 14.3 Å². The van der Waals surface area contributed by atoms with Crippen LogP contribution >= 0.6 is 0 Å². The monoisotopic (exact) mass is 335 g/mol. The maximum absolute atomic E-state index is 12.7. The Labute approximate surface area is 146 Å². The van der Waals surface area contributed by atoms with Crippen LogP contribution in [0.1, 0.15) is 59.9 Å². The molecule has 1 amide bonds. The number of carbonyl (C=O) groups excluding carboxylic acids is 1. The zero-order valence-corrected chi connectivity index (χ0v) is 16.2. The van der Waals surface area contributed by atoms with E-state index in [1.54, 1.807) is 0 Å². The van der Waals surface area contributed by atoms with Crippen LogP contribution in [0.25, 0.3) is 0 Å². The average Bonchev–Trinajstić information content (AvgIpc) is 2.49. The van der Waals surface area contributed by atoms with E-state index in [1.807, 2.05) is 39.0 Å². The van der Waals surface area contributed by atoms with E-state index in [1.165, 1.54) is 0 Å². The highest BCUT2D eigenvalue weighted by Gasteiger charge is 2.34. The number of rotatable bonds is 9. The van der Waals surface area contributed by atoms with Crippen LogP contribution in [0.3, 0.4) is 0 Å². The Balaban J connectivity index is 2.87. The largest absolute Gasteiger partial charge is 0.490 e. The van der Waals surface area contributed by atoms with Crippen LogP contribution in [0.5, 0.6) is 5.75 Å². The zero-order valence-electron chi connectivity index (χ0n) is 16.2. The Morgan fingerprint density at radius 3 is 2.42 bits per heavy atom. The Morgan fingerprint density at radius 1 is 1.25 bits per heavy atom. The molecule has 1 rings (SSSR count). The van der Waals surface area contributed by atoms with Crippen molar-refractivity contribution in [1.82, 2.24) is 0 Å². The molecule has 0 saturated heterocycles. The molecule has 24 heavy (non-hydrogen) atoms. The molecule has 4 heteroatoms. The fraction of sp³-hybridized carbons (Fsp3) is 0.650. The maximum atomic E-state index is 12.7. The summed E-state index contributed by atoms with van der Waals surface area (Å²) in [6.07, 6.45) is 1.82. The third kappa shape index (κ3) is 5.82. The van der Waals surface area contributed by atoms with Gasteiger partial charge in [-0.3, -0.25) is 4.79 Å². The molecule has 0 aliphatic carbocycles. The highest BCUT2D eigenvalue weighted by atomic mass is 16.5. The minimum atomic E-state index is -0.817. The summed E-state index contributed by atoms with van der Waals surface area (Å²) in [4.78, 5) is 12.7. The number of benzene rings is 1. The van der Waals surface area contributed by atoms with Crippen LogP contribution in [0, 0.1) is 12.8 Å². The fourth-order valence-corrected chi connectivity index (χ4v) is 2.74. The van der Waals surface area contributed by atoms with Crippen LogP contribution < -0.4 is 10.1 Å². The first-order valence-electron chi connectivity index (χ1n) is 8.94. The first kappa shape index (κ1) is 20.5. The van der Waals surface area contributed by atoms with Gasteiger partial charge in [0.05, 0.1) is 6.10 Å². The van der Waals surface area contributed by atoms with E-state index < -0.39 is 5.60 Å². The second-order valence-electron chi connectivity index (χ2n) is 7.03. The highest BCUT2D eigenvalue weighted by molar-refractivity contribution is 5.97. The molecule has 0 heterocycles. The molecule has 4 nitrogen and oxygen atoms in total. The van der Waals surface area contributed by atoms with Gasteiger partial charge in [0, 0.05) is 12.3 Å². The Bertz CT molecular complexity index is 542. The predicted molar refractivity (Wildman–Crippen MR) is 99.7 cm³/mol. The van der Waals surface area contributed by atoms with E-state index in [-0.39, 0.29) is 12.0 Å². The lowest BCUT2D eigenvalue weighted by Crippen LogP contribution is -2.44. The van der Waals surface area contributed by atoms with Crippen molar-refractivity contribution in [3.05, 3.63) is 23.8 Å². The lowest BCUT2D eigenvalue weighted by molar-refractivity contribution is -0.140. The van der Waals surface area contributed by atoms with Gasteiger partial charge in [0.1, 0.15) is 11.4 Å². The lowest BCUT2D eigenvalue weighted by atomic mass is 9.93. The molecule has 136 valence electrons. The summed E-state index contributed by atoms with van der Waals surface area (Å²) >= 11 is 0. The fourth-order valence-electron chi connectivity index (χ4n) is 2.74. The van der Waals surface area contributed by atoms with Gasteiger partial charge in [-0.1, -0.05) is 20.8 Å². The number of amides is 1. The Kier molecular flexibility index (Phi) is 7.74. The van der Waals surface area contributed by atoms with Crippen LogP contribution in [0.4, 0.5) is 5.69 Å². The summed E-state index contributed by atoms with van der Waals surface area (Å²) < 4.78 is 11.6. The average molecular weight is 335 g/mol. The van der Waals surface area contributed by atoms with E-state index in [0.29, 0.717) is 18.9 Å². The number of ether oxygens (including phenoxy) is 2. The Morgan fingerprint density at radius 2 is 1.92 bits per heavy atom. The Hall–Kier alpha value is -1.55. The molecule has 0 aliphatic rings. The number of hydrogen-bond acceptors (Lipinski definition) is 3. The molecule has 1 aromatic rings. The normalized spacial score (nSPS) is 15.0. The van der Waals surface area contributed by atoms with Gasteiger partial charge in [0.15, 0.2) is 0 Å². The molecule has 1 N–H and O–H groups in total. The van der Waals surface area contributed by atoms with Crippen molar-refractivity contribution in [1.29, 1.82) is 0 Å². The molecule has 0 fully saturated rings. The maximum Gasteiger partial charge on any atom is 0.256 e. The van der Waals surface area contributed by atoms with Gasteiger partial charge in [0.25, 0.3) is 5.91 Å². The number of hydrogen-bond donors (Lipinski definition) is 1. The summed E-state index contributed by atoms with van der Waals surface area (Å²) in [5.41, 5.74) is 0.960. The van der Waals surface area contributed by atoms with Crippen molar-refractivity contribution >= 4 is 11.6 Å². The van der Waals surface area contributed by atoms with Gasteiger partial charge in [-0.05, 0) is 70.2 Å². The summed E-state index contributed by atoms with van der Waals surface area (Å²) in [7, 11) is 0. The standard InChI is InChI=1S/C20H33NO3/c1-8-16(6)24-18-11-10-17(12-15(18)5)21-19(22)20(7,23-9-2)13-14(3)4/h10-12,14,16H,8-9,13H2,1-7H3,(H,21,22)/t16-,20+/m1/s1. The molecular formula is C20H33NO3. The quantitative estimate of drug-likeness (QED) is 0.694. The van der Waals surface area contributed by atoms with Crippen LogP contribution in [0.2, 0.25) is 0 Å². The molecule has 0 aromatic heterocycles. The van der Waals surface area contributed by atoms with E-state index in [2.05, 4.69) is 33.0 Å². The minimum Gasteiger partial charge on any atom is -0.490 e. The molecule has 1 aromatic carbocycles. The smallest absolute Gasteiger partial charge is 0.256 e. The van der Waals surface area contributed by atoms with Crippen molar-refractivity contribution in [3.63, 3.8) is 0 Å². The first-order valence-corrected chi connectivity index (χ1v) is 8.94. The molecule has 0 saturated carbocycles. The first-order chi connectivity index (χ1) is 11.2. The molecule has 2 atom stereocenters. The molecule has 0 radical (unpaired) electrons. The molecular weight excluding hydrogens is 302 g/mol. The summed E-state index contributed by atoms with van der Waals surface area (Å²) in [5, 5.41) is 2.99. The van der Waals surface area contributed by atoms with Crippen molar-refractivity contribution in [3.8, 4) is 5.75 Å². The van der Waals surface area contributed by atoms with Gasteiger partial charge in [-0.15, -0.1) is 0 Å². The minimum absolute atomic E-state index is 0.104. The highest BCUT2D eigenvalue weighted by Crippen LogP contribution is 2.26. The summed E-state index contributed by atoms with van der Waals surface area (Å²) in [6.45, 7) is 14.6. The number of anilines is 1. The topological polar surface area (TPSA) is 47.6 Å². The van der Waals surface area contributed by atoms with Crippen LogP contribution in [-0.2, 0) is 9.53 Å². The molecule has 0 unspecified atom stereocenters. The summed E-state index contributed by atoms with van der Waals surface area (Å²) in [6, 6.07) is 5.74. The van der Waals surface area contributed by atoms with Gasteiger partial charge in [-0.2, -0.15) is 0 Å². The van der Waals surface area contributed by atoms with Gasteiger partial charge in [-0.25, -0.2) is 0 Å². The van der Waals surface area contributed by atoms with Gasteiger partial charge >= 0.3 is 0 Å². The number of carbonyl (C=O) groups is 1. The van der Waals surface area contributed by atoms with E-state index in [4.69, 9.17) is 9.47 Å². The van der Waals surface area contributed by atoms with Gasteiger partial charge < -0.3 is 14.8 Å².